The number of nitrogens with zero attached hydrogens (tertiary/aromatic N) is 1. The van der Waals surface area contributed by atoms with Crippen molar-refractivity contribution in [3.63, 3.8) is 0 Å². The summed E-state index contributed by atoms with van der Waals surface area (Å²) < 4.78 is 13.5. The Morgan fingerprint density at radius 2 is 2.05 bits per heavy atom. The lowest BCUT2D eigenvalue weighted by Gasteiger charge is -2.36. The summed E-state index contributed by atoms with van der Waals surface area (Å²) in [5.41, 5.74) is 0.831. The van der Waals surface area contributed by atoms with Gasteiger partial charge in [-0.25, -0.2) is 4.39 Å². The van der Waals surface area contributed by atoms with Gasteiger partial charge in [-0.3, -0.25) is 4.79 Å². The summed E-state index contributed by atoms with van der Waals surface area (Å²) in [4.78, 5) is 14.1. The standard InChI is InChI=1S/C14H18BrFN2O/c1-9-7-18(8-10(2)17-9)14(19)6-11-3-4-13(16)12(15)5-11/h3-5,9-10,17H,6-8H2,1-2H3/t9-,10-/m1/s1. The number of rotatable bonds is 2. The third-order valence-corrected chi connectivity index (χ3v) is 3.86. The molecule has 0 aromatic heterocycles. The summed E-state index contributed by atoms with van der Waals surface area (Å²) in [5.74, 6) is -0.209. The molecule has 0 aliphatic carbocycles. The predicted molar refractivity (Wildman–Crippen MR) is 76.4 cm³/mol. The Hall–Kier alpha value is -0.940. The lowest BCUT2D eigenvalue weighted by atomic mass is 10.1. The van der Waals surface area contributed by atoms with Crippen molar-refractivity contribution in [3.8, 4) is 0 Å². The van der Waals surface area contributed by atoms with Gasteiger partial charge >= 0.3 is 0 Å². The lowest BCUT2D eigenvalue weighted by Crippen LogP contribution is -2.56. The van der Waals surface area contributed by atoms with Crippen molar-refractivity contribution < 1.29 is 9.18 Å². The van der Waals surface area contributed by atoms with Gasteiger partial charge in [0.05, 0.1) is 10.9 Å². The van der Waals surface area contributed by atoms with E-state index in [-0.39, 0.29) is 11.7 Å². The molecule has 1 aliphatic heterocycles. The number of carbonyl (C=O) groups is 1. The average Bonchev–Trinajstić information content (AvgIpc) is 2.32. The second-order valence-corrected chi connectivity index (χ2v) is 6.05. The van der Waals surface area contributed by atoms with Gasteiger partial charge in [-0.2, -0.15) is 0 Å². The molecule has 1 N–H and O–H groups in total. The van der Waals surface area contributed by atoms with E-state index in [0.29, 0.717) is 23.0 Å². The van der Waals surface area contributed by atoms with Crippen LogP contribution in [0.4, 0.5) is 4.39 Å². The number of halogens is 2. The first-order valence-electron chi connectivity index (χ1n) is 6.43. The molecule has 104 valence electrons. The Morgan fingerprint density at radius 3 is 2.63 bits per heavy atom. The first-order valence-corrected chi connectivity index (χ1v) is 7.22. The number of hydrogen-bond acceptors (Lipinski definition) is 2. The van der Waals surface area contributed by atoms with Crippen LogP contribution in [0.5, 0.6) is 0 Å². The second-order valence-electron chi connectivity index (χ2n) is 5.19. The van der Waals surface area contributed by atoms with Crippen molar-refractivity contribution in [1.29, 1.82) is 0 Å². The third kappa shape index (κ3) is 3.76. The quantitative estimate of drug-likeness (QED) is 0.903. The van der Waals surface area contributed by atoms with E-state index in [1.54, 1.807) is 12.1 Å². The molecular formula is C14H18BrFN2O. The maximum atomic E-state index is 13.1. The van der Waals surface area contributed by atoms with E-state index in [0.717, 1.165) is 18.7 Å². The molecule has 1 aromatic carbocycles. The molecule has 2 rings (SSSR count). The van der Waals surface area contributed by atoms with Gasteiger partial charge in [0.1, 0.15) is 5.82 Å². The fraction of sp³-hybridized carbons (Fsp3) is 0.500. The van der Waals surface area contributed by atoms with Crippen molar-refractivity contribution in [2.75, 3.05) is 13.1 Å². The van der Waals surface area contributed by atoms with Crippen molar-refractivity contribution in [2.45, 2.75) is 32.4 Å². The van der Waals surface area contributed by atoms with E-state index in [1.807, 2.05) is 4.90 Å². The van der Waals surface area contributed by atoms with Crippen molar-refractivity contribution in [3.05, 3.63) is 34.1 Å². The van der Waals surface area contributed by atoms with Gasteiger partial charge in [-0.05, 0) is 47.5 Å². The molecule has 1 heterocycles. The Kier molecular flexibility index (Phi) is 4.58. The van der Waals surface area contributed by atoms with E-state index in [4.69, 9.17) is 0 Å². The molecule has 3 nitrogen and oxygen atoms in total. The number of nitrogens with one attached hydrogen (secondary N) is 1. The summed E-state index contributed by atoms with van der Waals surface area (Å²) in [6.07, 6.45) is 0.318. The minimum atomic E-state index is -0.305. The molecule has 19 heavy (non-hydrogen) atoms. The molecule has 1 aromatic rings. The molecule has 0 radical (unpaired) electrons. The van der Waals surface area contributed by atoms with Gasteiger partial charge in [0, 0.05) is 25.2 Å². The predicted octanol–water partition coefficient (Wildman–Crippen LogP) is 2.34. The molecule has 0 unspecified atom stereocenters. The van der Waals surface area contributed by atoms with E-state index in [1.165, 1.54) is 6.07 Å². The molecule has 1 fully saturated rings. The normalized spacial score (nSPS) is 23.5. The average molecular weight is 329 g/mol. The highest BCUT2D eigenvalue weighted by Crippen LogP contribution is 2.18. The Labute approximate surface area is 121 Å². The van der Waals surface area contributed by atoms with Gasteiger partial charge in [-0.1, -0.05) is 6.07 Å². The van der Waals surface area contributed by atoms with Gasteiger partial charge < -0.3 is 10.2 Å². The molecule has 1 aliphatic rings. The minimum absolute atomic E-state index is 0.0960. The smallest absolute Gasteiger partial charge is 0.227 e. The van der Waals surface area contributed by atoms with Crippen LogP contribution in [0, 0.1) is 5.82 Å². The highest BCUT2D eigenvalue weighted by Gasteiger charge is 2.24. The molecule has 0 spiro atoms. The van der Waals surface area contributed by atoms with Crippen LogP contribution in [0.15, 0.2) is 22.7 Å². The number of piperazine rings is 1. The van der Waals surface area contributed by atoms with Gasteiger partial charge in [0.2, 0.25) is 5.91 Å². The van der Waals surface area contributed by atoms with Crippen LogP contribution in [0.25, 0.3) is 0 Å². The zero-order chi connectivity index (χ0) is 14.0. The SMILES string of the molecule is C[C@@H]1CN(C(=O)Cc2ccc(F)c(Br)c2)C[C@@H](C)N1. The van der Waals surface area contributed by atoms with Gasteiger partial charge in [-0.15, -0.1) is 0 Å². The molecule has 1 amide bonds. The van der Waals surface area contributed by atoms with E-state index >= 15 is 0 Å². The number of benzene rings is 1. The lowest BCUT2D eigenvalue weighted by molar-refractivity contribution is -0.132. The molecule has 1 saturated heterocycles. The zero-order valence-corrected chi connectivity index (χ0v) is 12.7. The summed E-state index contributed by atoms with van der Waals surface area (Å²) in [6, 6.07) is 5.34. The van der Waals surface area contributed by atoms with Crippen LogP contribution < -0.4 is 5.32 Å². The Balaban J connectivity index is 2.02. The van der Waals surface area contributed by atoms with E-state index < -0.39 is 0 Å². The summed E-state index contributed by atoms with van der Waals surface area (Å²) in [6.45, 7) is 5.60. The second kappa shape index (κ2) is 6.01. The van der Waals surface area contributed by atoms with Crippen LogP contribution in [0.2, 0.25) is 0 Å². The van der Waals surface area contributed by atoms with Crippen molar-refractivity contribution >= 4 is 21.8 Å². The Morgan fingerprint density at radius 1 is 1.42 bits per heavy atom. The van der Waals surface area contributed by atoms with Crippen molar-refractivity contribution in [1.82, 2.24) is 10.2 Å². The van der Waals surface area contributed by atoms with Crippen LogP contribution in [-0.4, -0.2) is 36.0 Å². The van der Waals surface area contributed by atoms with Crippen LogP contribution in [0.3, 0.4) is 0 Å². The maximum Gasteiger partial charge on any atom is 0.227 e. The van der Waals surface area contributed by atoms with Crippen LogP contribution in [0.1, 0.15) is 19.4 Å². The Bertz CT molecular complexity index is 471. The molecule has 0 bridgehead atoms. The summed E-state index contributed by atoms with van der Waals surface area (Å²) in [7, 11) is 0. The van der Waals surface area contributed by atoms with Crippen molar-refractivity contribution in [2.24, 2.45) is 0 Å². The first kappa shape index (κ1) is 14.5. The number of carbonyl (C=O) groups excluding carboxylic acids is 1. The molecule has 0 saturated carbocycles. The summed E-state index contributed by atoms with van der Waals surface area (Å²) in [5, 5.41) is 3.39. The molecule has 5 heteroatoms. The highest BCUT2D eigenvalue weighted by atomic mass is 79.9. The minimum Gasteiger partial charge on any atom is -0.339 e. The summed E-state index contributed by atoms with van der Waals surface area (Å²) >= 11 is 3.14. The number of amides is 1. The first-order chi connectivity index (χ1) is 8.95. The monoisotopic (exact) mass is 328 g/mol. The van der Waals surface area contributed by atoms with E-state index in [9.17, 15) is 9.18 Å². The highest BCUT2D eigenvalue weighted by molar-refractivity contribution is 9.10. The zero-order valence-electron chi connectivity index (χ0n) is 11.1. The molecular weight excluding hydrogens is 311 g/mol. The van der Waals surface area contributed by atoms with Gasteiger partial charge in [0.15, 0.2) is 0 Å². The van der Waals surface area contributed by atoms with Crippen LogP contribution in [-0.2, 0) is 11.2 Å². The topological polar surface area (TPSA) is 32.3 Å². The fourth-order valence-electron chi connectivity index (χ4n) is 2.47. The van der Waals surface area contributed by atoms with E-state index in [2.05, 4.69) is 35.1 Å². The largest absolute Gasteiger partial charge is 0.339 e. The number of hydrogen-bond donors (Lipinski definition) is 1. The molecule has 2 atom stereocenters. The third-order valence-electron chi connectivity index (χ3n) is 3.25. The fourth-order valence-corrected chi connectivity index (χ4v) is 2.89. The maximum absolute atomic E-state index is 13.1. The van der Waals surface area contributed by atoms with Gasteiger partial charge in [0.25, 0.3) is 0 Å². The van der Waals surface area contributed by atoms with Crippen LogP contribution >= 0.6 is 15.9 Å².